The zero-order valence-corrected chi connectivity index (χ0v) is 12.2. The Bertz CT molecular complexity index is 387. The Labute approximate surface area is 116 Å². The first-order valence-electron chi connectivity index (χ1n) is 6.49. The Morgan fingerprint density at radius 1 is 1.39 bits per heavy atom. The fraction of sp³-hybridized carbons (Fsp3) is 0.571. The van der Waals surface area contributed by atoms with Crippen LogP contribution in [0.25, 0.3) is 0 Å². The van der Waals surface area contributed by atoms with Crippen LogP contribution >= 0.6 is 15.9 Å². The van der Waals surface area contributed by atoms with Crippen LogP contribution in [0.15, 0.2) is 22.7 Å². The SMILES string of the molecule is CCNCCC1(Oc2cc(F)cc(Br)c2)CCC1. The summed E-state index contributed by atoms with van der Waals surface area (Å²) in [4.78, 5) is 0. The van der Waals surface area contributed by atoms with Crippen LogP contribution in [-0.2, 0) is 0 Å². The first-order chi connectivity index (χ1) is 8.63. The molecule has 100 valence electrons. The summed E-state index contributed by atoms with van der Waals surface area (Å²) in [7, 11) is 0. The third-order valence-electron chi connectivity index (χ3n) is 3.44. The zero-order chi connectivity index (χ0) is 13.0. The monoisotopic (exact) mass is 315 g/mol. The van der Waals surface area contributed by atoms with Crippen LogP contribution in [-0.4, -0.2) is 18.7 Å². The lowest BCUT2D eigenvalue weighted by Gasteiger charge is -2.42. The third kappa shape index (κ3) is 3.45. The third-order valence-corrected chi connectivity index (χ3v) is 3.90. The molecule has 0 heterocycles. The van der Waals surface area contributed by atoms with E-state index in [1.54, 1.807) is 0 Å². The Balaban J connectivity index is 2.00. The molecule has 1 aliphatic rings. The fourth-order valence-electron chi connectivity index (χ4n) is 2.30. The van der Waals surface area contributed by atoms with Crippen molar-refractivity contribution in [1.82, 2.24) is 5.32 Å². The largest absolute Gasteiger partial charge is 0.487 e. The van der Waals surface area contributed by atoms with Crippen molar-refractivity contribution in [3.63, 3.8) is 0 Å². The number of benzene rings is 1. The van der Waals surface area contributed by atoms with Gasteiger partial charge >= 0.3 is 0 Å². The molecule has 0 bridgehead atoms. The topological polar surface area (TPSA) is 21.3 Å². The Kier molecular flexibility index (Phi) is 4.62. The average Bonchev–Trinajstić information content (AvgIpc) is 2.24. The second-order valence-electron chi connectivity index (χ2n) is 4.85. The van der Waals surface area contributed by atoms with Gasteiger partial charge in [0.2, 0.25) is 0 Å². The smallest absolute Gasteiger partial charge is 0.128 e. The van der Waals surface area contributed by atoms with Crippen molar-refractivity contribution >= 4 is 15.9 Å². The number of ether oxygens (including phenoxy) is 1. The first-order valence-corrected chi connectivity index (χ1v) is 7.29. The van der Waals surface area contributed by atoms with Crippen LogP contribution in [0.2, 0.25) is 0 Å². The molecule has 4 heteroatoms. The molecule has 1 N–H and O–H groups in total. The van der Waals surface area contributed by atoms with E-state index >= 15 is 0 Å². The highest BCUT2D eigenvalue weighted by atomic mass is 79.9. The quantitative estimate of drug-likeness (QED) is 0.804. The lowest BCUT2D eigenvalue weighted by Crippen LogP contribution is -2.45. The van der Waals surface area contributed by atoms with Gasteiger partial charge in [-0.15, -0.1) is 0 Å². The van der Waals surface area contributed by atoms with Crippen molar-refractivity contribution in [1.29, 1.82) is 0 Å². The van der Waals surface area contributed by atoms with E-state index in [4.69, 9.17) is 4.74 Å². The van der Waals surface area contributed by atoms with E-state index in [2.05, 4.69) is 28.2 Å². The van der Waals surface area contributed by atoms with Gasteiger partial charge in [0.25, 0.3) is 0 Å². The molecule has 1 aliphatic carbocycles. The van der Waals surface area contributed by atoms with Crippen LogP contribution in [0.4, 0.5) is 4.39 Å². The summed E-state index contributed by atoms with van der Waals surface area (Å²) in [5, 5.41) is 3.32. The maximum Gasteiger partial charge on any atom is 0.128 e. The van der Waals surface area contributed by atoms with Gasteiger partial charge in [-0.1, -0.05) is 22.9 Å². The Morgan fingerprint density at radius 2 is 2.17 bits per heavy atom. The summed E-state index contributed by atoms with van der Waals surface area (Å²) in [6.45, 7) is 4.02. The zero-order valence-electron chi connectivity index (χ0n) is 10.6. The summed E-state index contributed by atoms with van der Waals surface area (Å²) in [6, 6.07) is 4.73. The highest BCUT2D eigenvalue weighted by Crippen LogP contribution is 2.39. The summed E-state index contributed by atoms with van der Waals surface area (Å²) in [6.07, 6.45) is 4.30. The number of hydrogen-bond acceptors (Lipinski definition) is 2. The highest BCUT2D eigenvalue weighted by Gasteiger charge is 2.38. The van der Waals surface area contributed by atoms with Gasteiger partial charge in [-0.3, -0.25) is 0 Å². The second-order valence-corrected chi connectivity index (χ2v) is 5.76. The molecule has 0 unspecified atom stereocenters. The van der Waals surface area contributed by atoms with Gasteiger partial charge in [0.15, 0.2) is 0 Å². The maximum atomic E-state index is 13.3. The molecule has 2 rings (SSSR count). The van der Waals surface area contributed by atoms with Gasteiger partial charge in [-0.05, 0) is 50.9 Å². The number of halogens is 2. The van der Waals surface area contributed by atoms with Crippen molar-refractivity contribution in [2.45, 2.75) is 38.2 Å². The lowest BCUT2D eigenvalue weighted by atomic mass is 9.77. The lowest BCUT2D eigenvalue weighted by molar-refractivity contribution is -0.0143. The highest BCUT2D eigenvalue weighted by molar-refractivity contribution is 9.10. The van der Waals surface area contributed by atoms with Crippen LogP contribution in [0, 0.1) is 5.82 Å². The van der Waals surface area contributed by atoms with Crippen LogP contribution in [0.3, 0.4) is 0 Å². The molecule has 1 saturated carbocycles. The molecular formula is C14H19BrFNO. The van der Waals surface area contributed by atoms with E-state index in [9.17, 15) is 4.39 Å². The standard InChI is InChI=1S/C14H19BrFNO/c1-2-17-7-6-14(4-3-5-14)18-13-9-11(15)8-12(16)10-13/h8-10,17H,2-7H2,1H3. The summed E-state index contributed by atoms with van der Waals surface area (Å²) < 4.78 is 20.1. The van der Waals surface area contributed by atoms with E-state index in [0.717, 1.165) is 36.8 Å². The average molecular weight is 316 g/mol. The maximum absolute atomic E-state index is 13.3. The van der Waals surface area contributed by atoms with E-state index in [1.807, 2.05) is 6.07 Å². The van der Waals surface area contributed by atoms with Crippen molar-refractivity contribution in [2.75, 3.05) is 13.1 Å². The molecule has 0 amide bonds. The number of hydrogen-bond donors (Lipinski definition) is 1. The van der Waals surface area contributed by atoms with Gasteiger partial charge in [0.05, 0.1) is 0 Å². The van der Waals surface area contributed by atoms with Crippen molar-refractivity contribution in [2.24, 2.45) is 0 Å². The van der Waals surface area contributed by atoms with Crippen molar-refractivity contribution in [3.05, 3.63) is 28.5 Å². The van der Waals surface area contributed by atoms with Gasteiger partial charge in [-0.25, -0.2) is 4.39 Å². The summed E-state index contributed by atoms with van der Waals surface area (Å²) in [5.74, 6) is 0.360. The molecule has 1 aromatic rings. The van der Waals surface area contributed by atoms with E-state index in [1.165, 1.54) is 18.6 Å². The molecule has 0 radical (unpaired) electrons. The molecule has 1 fully saturated rings. The molecule has 0 atom stereocenters. The predicted molar refractivity (Wildman–Crippen MR) is 74.5 cm³/mol. The molecule has 0 aliphatic heterocycles. The van der Waals surface area contributed by atoms with Crippen LogP contribution in [0.1, 0.15) is 32.6 Å². The van der Waals surface area contributed by atoms with Crippen LogP contribution in [0.5, 0.6) is 5.75 Å². The van der Waals surface area contributed by atoms with Gasteiger partial charge in [0, 0.05) is 10.5 Å². The summed E-state index contributed by atoms with van der Waals surface area (Å²) in [5.41, 5.74) is -0.0879. The normalized spacial score (nSPS) is 17.3. The predicted octanol–water partition coefficient (Wildman–Crippen LogP) is 3.89. The fourth-order valence-corrected chi connectivity index (χ4v) is 2.75. The Hall–Kier alpha value is -0.610. The Morgan fingerprint density at radius 3 is 2.72 bits per heavy atom. The molecule has 1 aromatic carbocycles. The van der Waals surface area contributed by atoms with Crippen LogP contribution < -0.4 is 10.1 Å². The molecule has 0 aromatic heterocycles. The van der Waals surface area contributed by atoms with Gasteiger partial charge in [-0.2, -0.15) is 0 Å². The van der Waals surface area contributed by atoms with E-state index in [-0.39, 0.29) is 11.4 Å². The summed E-state index contributed by atoms with van der Waals surface area (Å²) >= 11 is 3.29. The minimum absolute atomic E-state index is 0.0879. The minimum atomic E-state index is -0.263. The minimum Gasteiger partial charge on any atom is -0.487 e. The van der Waals surface area contributed by atoms with Gasteiger partial charge < -0.3 is 10.1 Å². The number of nitrogens with one attached hydrogen (secondary N) is 1. The van der Waals surface area contributed by atoms with Gasteiger partial charge in [0.1, 0.15) is 17.2 Å². The van der Waals surface area contributed by atoms with E-state index < -0.39 is 0 Å². The molecule has 0 spiro atoms. The molecule has 2 nitrogen and oxygen atoms in total. The second kappa shape index (κ2) is 6.02. The first kappa shape index (κ1) is 13.8. The van der Waals surface area contributed by atoms with Crippen molar-refractivity contribution < 1.29 is 9.13 Å². The molecular weight excluding hydrogens is 297 g/mol. The molecule has 0 saturated heterocycles. The van der Waals surface area contributed by atoms with Crippen molar-refractivity contribution in [3.8, 4) is 5.75 Å². The molecule has 18 heavy (non-hydrogen) atoms. The number of rotatable bonds is 6. The van der Waals surface area contributed by atoms with E-state index in [0.29, 0.717) is 5.75 Å².